The van der Waals surface area contributed by atoms with Gasteiger partial charge in [0.2, 0.25) is 0 Å². The van der Waals surface area contributed by atoms with Crippen molar-refractivity contribution in [2.45, 2.75) is 37.4 Å². The summed E-state index contributed by atoms with van der Waals surface area (Å²) in [6, 6.07) is 12.0. The Morgan fingerprint density at radius 1 is 1.00 bits per heavy atom. The zero-order valence-corrected chi connectivity index (χ0v) is 15.8. The molecular weight excluding hydrogens is 379 g/mol. The summed E-state index contributed by atoms with van der Waals surface area (Å²) in [5, 5.41) is 42.0. The third-order valence-corrected chi connectivity index (χ3v) is 5.18. The van der Waals surface area contributed by atoms with E-state index in [1.54, 1.807) is 41.3 Å². The predicted molar refractivity (Wildman–Crippen MR) is 103 cm³/mol. The Morgan fingerprint density at radius 3 is 2.24 bits per heavy atom. The number of amides is 1. The summed E-state index contributed by atoms with van der Waals surface area (Å²) in [5.74, 6) is -0.594. The van der Waals surface area contributed by atoms with Gasteiger partial charge < -0.3 is 25.7 Å². The van der Waals surface area contributed by atoms with Gasteiger partial charge >= 0.3 is 0 Å². The van der Waals surface area contributed by atoms with Crippen LogP contribution in [0.5, 0.6) is 0 Å². The van der Waals surface area contributed by atoms with Crippen LogP contribution in [0.2, 0.25) is 0 Å². The van der Waals surface area contributed by atoms with Crippen LogP contribution in [-0.4, -0.2) is 68.7 Å². The van der Waals surface area contributed by atoms with E-state index >= 15 is 0 Å². The standard InChI is InChI=1S/C21H25FN2O5/c22-16-7-3-13(4-8-16)9-23-21(29)15-5-1-14(2-6-15)10-24-11-18(26)20(28)19(27)17(24)12-25/h1-8,17-20,25-28H,9-12H2,(H,23,29)/t17-,18-,19?,20+/m0/s1. The van der Waals surface area contributed by atoms with Crippen LogP contribution >= 0.6 is 0 Å². The molecule has 29 heavy (non-hydrogen) atoms. The minimum Gasteiger partial charge on any atom is -0.395 e. The number of β-amino-alcohol motifs (C(OH)–C–C–N with tert-alkyl or cyclic N) is 1. The maximum absolute atomic E-state index is 12.9. The highest BCUT2D eigenvalue weighted by Gasteiger charge is 2.40. The molecule has 1 saturated heterocycles. The lowest BCUT2D eigenvalue weighted by atomic mass is 9.93. The summed E-state index contributed by atoms with van der Waals surface area (Å²) in [5.41, 5.74) is 2.08. The molecule has 1 heterocycles. The molecule has 1 fully saturated rings. The van der Waals surface area contributed by atoms with Gasteiger partial charge in [-0.3, -0.25) is 9.69 Å². The molecule has 0 radical (unpaired) electrons. The molecule has 1 unspecified atom stereocenters. The number of likely N-dealkylation sites (tertiary alicyclic amines) is 1. The number of nitrogens with zero attached hydrogens (tertiary/aromatic N) is 1. The molecule has 5 N–H and O–H groups in total. The van der Waals surface area contributed by atoms with Gasteiger partial charge in [-0.25, -0.2) is 4.39 Å². The van der Waals surface area contributed by atoms with Crippen LogP contribution in [-0.2, 0) is 13.1 Å². The third kappa shape index (κ3) is 5.17. The monoisotopic (exact) mass is 404 g/mol. The lowest BCUT2D eigenvalue weighted by molar-refractivity contribution is -0.147. The lowest BCUT2D eigenvalue weighted by Crippen LogP contribution is -2.62. The molecule has 0 aromatic heterocycles. The van der Waals surface area contributed by atoms with E-state index in [2.05, 4.69) is 5.32 Å². The Kier molecular flexibility index (Phi) is 6.94. The van der Waals surface area contributed by atoms with Gasteiger partial charge in [0, 0.05) is 25.2 Å². The van der Waals surface area contributed by atoms with Crippen LogP contribution in [0, 0.1) is 5.82 Å². The number of carbonyl (C=O) groups excluding carboxylic acids is 1. The van der Waals surface area contributed by atoms with Crippen LogP contribution in [0.4, 0.5) is 4.39 Å². The Hall–Kier alpha value is -2.36. The molecule has 156 valence electrons. The first kappa shape index (κ1) is 21.4. The number of nitrogens with one attached hydrogen (secondary N) is 1. The van der Waals surface area contributed by atoms with E-state index in [0.717, 1.165) is 11.1 Å². The number of aliphatic hydroxyl groups excluding tert-OH is 4. The first-order chi connectivity index (χ1) is 13.9. The SMILES string of the molecule is O=C(NCc1ccc(F)cc1)c1ccc(CN2C[C@H](O)[C@@H](O)C(O)[C@@H]2CO)cc1. The van der Waals surface area contributed by atoms with Crippen molar-refractivity contribution in [1.29, 1.82) is 0 Å². The maximum atomic E-state index is 12.9. The van der Waals surface area contributed by atoms with E-state index in [1.807, 2.05) is 0 Å². The topological polar surface area (TPSA) is 113 Å². The smallest absolute Gasteiger partial charge is 0.251 e. The molecule has 2 aromatic carbocycles. The van der Waals surface area contributed by atoms with Crippen LogP contribution in [0.3, 0.4) is 0 Å². The lowest BCUT2D eigenvalue weighted by Gasteiger charge is -2.43. The number of carbonyl (C=O) groups is 1. The number of hydrogen-bond acceptors (Lipinski definition) is 6. The molecule has 3 rings (SSSR count). The Bertz CT molecular complexity index is 815. The molecule has 0 spiro atoms. The van der Waals surface area contributed by atoms with Crippen LogP contribution in [0.25, 0.3) is 0 Å². The van der Waals surface area contributed by atoms with Gasteiger partial charge in [-0.05, 0) is 35.4 Å². The molecule has 4 atom stereocenters. The summed E-state index contributed by atoms with van der Waals surface area (Å²) in [6.45, 7) is 0.382. The van der Waals surface area contributed by atoms with Crippen molar-refractivity contribution in [2.24, 2.45) is 0 Å². The predicted octanol–water partition coefficient (Wildman–Crippen LogP) is 0.0149. The second-order valence-corrected chi connectivity index (χ2v) is 7.23. The van der Waals surface area contributed by atoms with Crippen molar-refractivity contribution in [2.75, 3.05) is 13.2 Å². The van der Waals surface area contributed by atoms with E-state index in [9.17, 15) is 29.6 Å². The fraction of sp³-hybridized carbons (Fsp3) is 0.381. The number of halogens is 1. The maximum Gasteiger partial charge on any atom is 0.251 e. The summed E-state index contributed by atoms with van der Waals surface area (Å²) in [7, 11) is 0. The highest BCUT2D eigenvalue weighted by atomic mass is 19.1. The van der Waals surface area contributed by atoms with Gasteiger partial charge in [0.05, 0.1) is 18.8 Å². The molecule has 2 aromatic rings. The van der Waals surface area contributed by atoms with Gasteiger partial charge in [-0.2, -0.15) is 0 Å². The Morgan fingerprint density at radius 2 is 1.62 bits per heavy atom. The molecule has 1 amide bonds. The second-order valence-electron chi connectivity index (χ2n) is 7.23. The molecule has 0 bridgehead atoms. The van der Waals surface area contributed by atoms with Gasteiger partial charge in [-0.1, -0.05) is 24.3 Å². The summed E-state index contributed by atoms with van der Waals surface area (Å²) in [6.07, 6.45) is -3.65. The summed E-state index contributed by atoms with van der Waals surface area (Å²) >= 11 is 0. The van der Waals surface area contributed by atoms with Gasteiger partial charge in [-0.15, -0.1) is 0 Å². The highest BCUT2D eigenvalue weighted by molar-refractivity contribution is 5.94. The molecule has 1 aliphatic rings. The minimum absolute atomic E-state index is 0.114. The van der Waals surface area contributed by atoms with Crippen LogP contribution in [0.1, 0.15) is 21.5 Å². The molecule has 8 heteroatoms. The fourth-order valence-corrected chi connectivity index (χ4v) is 3.44. The molecule has 1 aliphatic heterocycles. The van der Waals surface area contributed by atoms with Gasteiger partial charge in [0.1, 0.15) is 18.0 Å². The molecule has 0 aliphatic carbocycles. The van der Waals surface area contributed by atoms with E-state index < -0.39 is 24.4 Å². The van der Waals surface area contributed by atoms with Crippen LogP contribution in [0.15, 0.2) is 48.5 Å². The van der Waals surface area contributed by atoms with E-state index in [4.69, 9.17) is 0 Å². The molecule has 0 saturated carbocycles. The quantitative estimate of drug-likeness (QED) is 0.464. The Labute approximate surface area is 168 Å². The first-order valence-electron chi connectivity index (χ1n) is 9.39. The zero-order chi connectivity index (χ0) is 21.0. The van der Waals surface area contributed by atoms with Crippen molar-refractivity contribution < 1.29 is 29.6 Å². The normalized spacial score (nSPS) is 25.0. The van der Waals surface area contributed by atoms with Crippen molar-refractivity contribution in [3.63, 3.8) is 0 Å². The van der Waals surface area contributed by atoms with Crippen LogP contribution < -0.4 is 5.32 Å². The first-order valence-corrected chi connectivity index (χ1v) is 9.39. The van der Waals surface area contributed by atoms with Crippen molar-refractivity contribution >= 4 is 5.91 Å². The van der Waals surface area contributed by atoms with Gasteiger partial charge in [0.25, 0.3) is 5.91 Å². The van der Waals surface area contributed by atoms with Crippen molar-refractivity contribution in [3.8, 4) is 0 Å². The van der Waals surface area contributed by atoms with E-state index in [1.165, 1.54) is 12.1 Å². The number of rotatable bonds is 6. The van der Waals surface area contributed by atoms with E-state index in [-0.39, 0.29) is 31.4 Å². The second kappa shape index (κ2) is 9.43. The third-order valence-electron chi connectivity index (χ3n) is 5.18. The minimum atomic E-state index is -1.30. The van der Waals surface area contributed by atoms with Gasteiger partial charge in [0.15, 0.2) is 0 Å². The average Bonchev–Trinajstić information content (AvgIpc) is 2.72. The fourth-order valence-electron chi connectivity index (χ4n) is 3.44. The number of aliphatic hydroxyl groups is 4. The molecule has 7 nitrogen and oxygen atoms in total. The molecular formula is C21H25FN2O5. The summed E-state index contributed by atoms with van der Waals surface area (Å²) in [4.78, 5) is 14.0. The Balaban J connectivity index is 1.59. The zero-order valence-electron chi connectivity index (χ0n) is 15.8. The van der Waals surface area contributed by atoms with Crippen molar-refractivity contribution in [3.05, 3.63) is 71.0 Å². The highest BCUT2D eigenvalue weighted by Crippen LogP contribution is 2.21. The summed E-state index contributed by atoms with van der Waals surface area (Å²) < 4.78 is 12.9. The van der Waals surface area contributed by atoms with E-state index in [0.29, 0.717) is 12.1 Å². The van der Waals surface area contributed by atoms with Crippen molar-refractivity contribution in [1.82, 2.24) is 10.2 Å². The largest absolute Gasteiger partial charge is 0.395 e. The average molecular weight is 404 g/mol. The number of piperidine rings is 1. The number of benzene rings is 2. The number of hydrogen-bond donors (Lipinski definition) is 5.